The second-order valence-electron chi connectivity index (χ2n) is 12.7. The number of benzene rings is 3. The molecule has 0 saturated carbocycles. The molecule has 1 amide bonds. The van der Waals surface area contributed by atoms with Crippen molar-refractivity contribution in [1.82, 2.24) is 19.4 Å². The third-order valence-electron chi connectivity index (χ3n) is 10.6. The second-order valence-corrected chi connectivity index (χ2v) is 12.7. The van der Waals surface area contributed by atoms with Crippen LogP contribution in [0, 0.1) is 17.0 Å². The highest BCUT2D eigenvalue weighted by Crippen LogP contribution is 2.45. The molecule has 3 saturated heterocycles. The lowest BCUT2D eigenvalue weighted by Gasteiger charge is -2.45. The minimum atomic E-state index is -0.459. The third kappa shape index (κ3) is 5.01. The number of likely N-dealkylation sites (tertiary alicyclic amines) is 1. The molecule has 3 aromatic carbocycles. The molecular formula is C35H39N5O3. The van der Waals surface area contributed by atoms with Crippen LogP contribution in [0.2, 0.25) is 0 Å². The fourth-order valence-electron chi connectivity index (χ4n) is 8.39. The number of rotatable bonds is 7. The number of fused-ring (bicyclic) bond motifs is 3. The zero-order valence-electron chi connectivity index (χ0n) is 24.8. The van der Waals surface area contributed by atoms with Crippen LogP contribution in [-0.2, 0) is 5.41 Å². The highest BCUT2D eigenvalue weighted by atomic mass is 16.6. The smallest absolute Gasteiger partial charge is 0.282 e. The van der Waals surface area contributed by atoms with Crippen LogP contribution in [0.4, 0.5) is 5.69 Å². The van der Waals surface area contributed by atoms with Crippen molar-refractivity contribution in [1.29, 1.82) is 0 Å². The summed E-state index contributed by atoms with van der Waals surface area (Å²) >= 11 is 0. The summed E-state index contributed by atoms with van der Waals surface area (Å²) in [6.45, 7) is 4.40. The molecular weight excluding hydrogens is 538 g/mol. The monoisotopic (exact) mass is 577 g/mol. The molecule has 222 valence electrons. The van der Waals surface area contributed by atoms with Crippen molar-refractivity contribution in [2.45, 2.75) is 75.4 Å². The van der Waals surface area contributed by atoms with E-state index in [4.69, 9.17) is 4.98 Å². The first-order valence-corrected chi connectivity index (χ1v) is 15.7. The quantitative estimate of drug-likeness (QED) is 0.181. The Bertz CT molecular complexity index is 1630. The van der Waals surface area contributed by atoms with E-state index in [-0.39, 0.29) is 22.6 Å². The molecule has 0 N–H and O–H groups in total. The Morgan fingerprint density at radius 3 is 2.28 bits per heavy atom. The largest absolute Gasteiger partial charge is 0.338 e. The number of aryl methyl sites for hydroxylation is 1. The van der Waals surface area contributed by atoms with E-state index in [0.29, 0.717) is 31.2 Å². The highest BCUT2D eigenvalue weighted by molar-refractivity contribution is 5.98. The molecule has 4 aromatic rings. The second kappa shape index (κ2) is 11.2. The Hall–Kier alpha value is -4.04. The number of hydrogen-bond acceptors (Lipinski definition) is 5. The van der Waals surface area contributed by atoms with Crippen LogP contribution in [0.15, 0.2) is 78.9 Å². The number of aromatic nitrogens is 2. The van der Waals surface area contributed by atoms with Crippen LogP contribution in [0.25, 0.3) is 11.0 Å². The predicted octanol–water partition coefficient (Wildman–Crippen LogP) is 6.69. The van der Waals surface area contributed by atoms with E-state index in [9.17, 15) is 14.9 Å². The van der Waals surface area contributed by atoms with Crippen molar-refractivity contribution in [2.24, 2.45) is 0 Å². The number of hydrogen-bond donors (Lipinski definition) is 0. The number of nitrogens with zero attached hydrogens (tertiary/aromatic N) is 5. The minimum absolute atomic E-state index is 0.0198. The average Bonchev–Trinajstić information content (AvgIpc) is 3.50. The van der Waals surface area contributed by atoms with Gasteiger partial charge in [-0.15, -0.1) is 0 Å². The van der Waals surface area contributed by atoms with Crippen LogP contribution < -0.4 is 0 Å². The van der Waals surface area contributed by atoms with E-state index in [0.717, 1.165) is 50.0 Å². The summed E-state index contributed by atoms with van der Waals surface area (Å²) in [6.07, 6.45) is 7.59. The van der Waals surface area contributed by atoms with Crippen LogP contribution in [-0.4, -0.2) is 61.9 Å². The van der Waals surface area contributed by atoms with E-state index in [1.807, 2.05) is 4.90 Å². The lowest BCUT2D eigenvalue weighted by Crippen LogP contribution is -2.49. The van der Waals surface area contributed by atoms with Gasteiger partial charge >= 0.3 is 0 Å². The molecule has 0 aliphatic carbocycles. The van der Waals surface area contributed by atoms with Gasteiger partial charge in [0.2, 0.25) is 0 Å². The number of amides is 1. The summed E-state index contributed by atoms with van der Waals surface area (Å²) in [5.74, 6) is 0.876. The van der Waals surface area contributed by atoms with Gasteiger partial charge in [-0.05, 0) is 87.6 Å². The number of para-hydroxylation sites is 3. The zero-order valence-corrected chi connectivity index (χ0v) is 24.8. The Kier molecular flexibility index (Phi) is 7.25. The van der Waals surface area contributed by atoms with E-state index in [2.05, 4.69) is 71.0 Å². The van der Waals surface area contributed by atoms with Gasteiger partial charge in [0.15, 0.2) is 0 Å². The Labute approximate surface area is 252 Å². The van der Waals surface area contributed by atoms with Gasteiger partial charge in [-0.2, -0.15) is 0 Å². The standard InChI is InChI=1S/C35H39N5O3/c1-25-36-31-12-6-8-14-33(31)39(25)29-23-27-15-16-28(24-29)38(27)22-19-35(26-9-3-2-4-10-26)17-20-37(21-18-35)34(41)30-11-5-7-13-32(30)40(42)43/h2-14,27-29H,15-24H2,1H3/t27-,28+,29?. The first-order chi connectivity index (χ1) is 20.9. The van der Waals surface area contributed by atoms with Gasteiger partial charge in [0, 0.05) is 37.3 Å². The van der Waals surface area contributed by atoms with Crippen LogP contribution in [0.1, 0.15) is 72.7 Å². The Morgan fingerprint density at radius 2 is 1.56 bits per heavy atom. The van der Waals surface area contributed by atoms with Gasteiger partial charge in [-0.1, -0.05) is 54.6 Å². The summed E-state index contributed by atoms with van der Waals surface area (Å²) in [5, 5.41) is 11.6. The molecule has 2 bridgehead atoms. The number of nitro groups is 1. The summed E-state index contributed by atoms with van der Waals surface area (Å²) in [7, 11) is 0. The van der Waals surface area contributed by atoms with E-state index in [1.165, 1.54) is 30.0 Å². The maximum absolute atomic E-state index is 13.4. The van der Waals surface area contributed by atoms with Crippen molar-refractivity contribution < 1.29 is 9.72 Å². The van der Waals surface area contributed by atoms with Gasteiger partial charge in [0.25, 0.3) is 11.6 Å². The van der Waals surface area contributed by atoms with Gasteiger partial charge in [0.05, 0.1) is 16.0 Å². The van der Waals surface area contributed by atoms with Crippen molar-refractivity contribution >= 4 is 22.6 Å². The maximum atomic E-state index is 13.4. The molecule has 8 nitrogen and oxygen atoms in total. The molecule has 3 aliphatic heterocycles. The zero-order chi connectivity index (χ0) is 29.6. The molecule has 1 unspecified atom stereocenters. The molecule has 7 rings (SSSR count). The van der Waals surface area contributed by atoms with Crippen molar-refractivity contribution in [2.75, 3.05) is 19.6 Å². The molecule has 0 radical (unpaired) electrons. The molecule has 0 spiro atoms. The Balaban J connectivity index is 1.07. The topological polar surface area (TPSA) is 84.5 Å². The SMILES string of the molecule is Cc1nc2ccccc2n1C1C[C@H]2CC[C@@H](C1)N2CCC1(c2ccccc2)CCN(C(=O)c2ccccc2[N+](=O)[O-])CC1. The van der Waals surface area contributed by atoms with Crippen LogP contribution in [0.3, 0.4) is 0 Å². The highest BCUT2D eigenvalue weighted by Gasteiger charge is 2.44. The fraction of sp³-hybridized carbons (Fsp3) is 0.429. The first-order valence-electron chi connectivity index (χ1n) is 15.7. The van der Waals surface area contributed by atoms with Crippen molar-refractivity contribution in [3.63, 3.8) is 0 Å². The molecule has 3 fully saturated rings. The predicted molar refractivity (Wildman–Crippen MR) is 167 cm³/mol. The van der Waals surface area contributed by atoms with Crippen molar-refractivity contribution in [3.8, 4) is 0 Å². The Morgan fingerprint density at radius 1 is 0.907 bits per heavy atom. The van der Waals surface area contributed by atoms with Gasteiger partial charge in [-0.3, -0.25) is 19.8 Å². The number of carbonyl (C=O) groups excluding carboxylic acids is 1. The first kappa shape index (κ1) is 27.8. The third-order valence-corrected chi connectivity index (χ3v) is 10.6. The molecule has 3 atom stereocenters. The maximum Gasteiger partial charge on any atom is 0.282 e. The van der Waals surface area contributed by atoms with Crippen LogP contribution >= 0.6 is 0 Å². The number of carbonyl (C=O) groups is 1. The molecule has 3 aliphatic rings. The summed E-state index contributed by atoms with van der Waals surface area (Å²) in [5.41, 5.74) is 3.73. The number of piperidine rings is 2. The number of nitro benzene ring substituents is 1. The average molecular weight is 578 g/mol. The number of imidazole rings is 1. The fourth-order valence-corrected chi connectivity index (χ4v) is 8.39. The van der Waals surface area contributed by atoms with Crippen molar-refractivity contribution in [3.05, 3.63) is 106 Å². The van der Waals surface area contributed by atoms with Gasteiger partial charge in [0.1, 0.15) is 11.4 Å². The lowest BCUT2D eigenvalue weighted by molar-refractivity contribution is -0.385. The summed E-state index contributed by atoms with van der Waals surface area (Å²) < 4.78 is 2.49. The van der Waals surface area contributed by atoms with Crippen LogP contribution in [0.5, 0.6) is 0 Å². The molecule has 43 heavy (non-hydrogen) atoms. The minimum Gasteiger partial charge on any atom is -0.338 e. The molecule has 4 heterocycles. The van der Waals surface area contributed by atoms with E-state index >= 15 is 0 Å². The van der Waals surface area contributed by atoms with Gasteiger partial charge in [-0.25, -0.2) is 4.98 Å². The molecule has 1 aromatic heterocycles. The van der Waals surface area contributed by atoms with E-state index < -0.39 is 4.92 Å². The summed E-state index contributed by atoms with van der Waals surface area (Å²) in [6, 6.07) is 27.3. The molecule has 8 heteroatoms. The summed E-state index contributed by atoms with van der Waals surface area (Å²) in [4.78, 5) is 34.0. The normalized spacial score (nSPS) is 23.5. The van der Waals surface area contributed by atoms with E-state index in [1.54, 1.807) is 18.2 Å². The lowest BCUT2D eigenvalue weighted by atomic mass is 9.70. The van der Waals surface area contributed by atoms with Gasteiger partial charge < -0.3 is 9.47 Å².